The first-order valence-electron chi connectivity index (χ1n) is 4.86. The fourth-order valence-corrected chi connectivity index (χ4v) is 1.20. The Morgan fingerprint density at radius 1 is 1.19 bits per heavy atom. The molecule has 0 fully saturated rings. The van der Waals surface area contributed by atoms with E-state index < -0.39 is 30.3 Å². The number of aliphatic carboxylic acids is 2. The molecule has 0 rings (SSSR count). The van der Waals surface area contributed by atoms with Crippen molar-refractivity contribution in [3.05, 3.63) is 0 Å². The second-order valence-electron chi connectivity index (χ2n) is 4.79. The molecule has 92 valence electrons. The highest BCUT2D eigenvalue weighted by Crippen LogP contribution is 2.20. The average molecular weight is 231 g/mol. The Hall–Kier alpha value is -1.59. The summed E-state index contributed by atoms with van der Waals surface area (Å²) in [5, 5.41) is 19.4. The maximum absolute atomic E-state index is 11.1. The predicted molar refractivity (Wildman–Crippen MR) is 55.9 cm³/mol. The number of amides is 1. The highest BCUT2D eigenvalue weighted by atomic mass is 16.4. The zero-order valence-electron chi connectivity index (χ0n) is 9.61. The number of hydrogen-bond donors (Lipinski definition) is 3. The Morgan fingerprint density at radius 3 is 2.00 bits per heavy atom. The smallest absolute Gasteiger partial charge is 0.326 e. The monoisotopic (exact) mass is 231 g/mol. The van der Waals surface area contributed by atoms with Crippen molar-refractivity contribution in [2.24, 2.45) is 5.41 Å². The van der Waals surface area contributed by atoms with Gasteiger partial charge in [0.1, 0.15) is 12.5 Å². The van der Waals surface area contributed by atoms with Crippen molar-refractivity contribution in [2.45, 2.75) is 39.7 Å². The lowest BCUT2D eigenvalue weighted by Crippen LogP contribution is -2.43. The Kier molecular flexibility index (Phi) is 4.94. The minimum atomic E-state index is -1.28. The number of carbonyl (C=O) groups is 3. The fraction of sp³-hybridized carbons (Fsp3) is 0.700. The van der Waals surface area contributed by atoms with Crippen LogP contribution in [0, 0.1) is 5.41 Å². The maximum atomic E-state index is 11.1. The van der Waals surface area contributed by atoms with Gasteiger partial charge < -0.3 is 15.5 Å². The van der Waals surface area contributed by atoms with E-state index in [1.165, 1.54) is 0 Å². The van der Waals surface area contributed by atoms with Gasteiger partial charge in [-0.1, -0.05) is 20.8 Å². The van der Waals surface area contributed by atoms with E-state index in [4.69, 9.17) is 10.2 Å². The summed E-state index contributed by atoms with van der Waals surface area (Å²) in [6.07, 6.45) is -0.471. The van der Waals surface area contributed by atoms with Crippen molar-refractivity contribution in [2.75, 3.05) is 0 Å². The van der Waals surface area contributed by atoms with E-state index in [-0.39, 0.29) is 11.8 Å². The Balaban J connectivity index is 4.41. The van der Waals surface area contributed by atoms with Crippen LogP contribution in [0.3, 0.4) is 0 Å². The second-order valence-corrected chi connectivity index (χ2v) is 4.79. The van der Waals surface area contributed by atoms with Crippen LogP contribution in [-0.2, 0) is 14.4 Å². The van der Waals surface area contributed by atoms with Crippen LogP contribution in [0.15, 0.2) is 0 Å². The van der Waals surface area contributed by atoms with Crippen molar-refractivity contribution in [1.82, 2.24) is 5.32 Å². The molecule has 0 aliphatic carbocycles. The molecule has 0 aromatic carbocycles. The minimum Gasteiger partial charge on any atom is -0.481 e. The van der Waals surface area contributed by atoms with E-state index in [1.807, 2.05) is 20.8 Å². The minimum absolute atomic E-state index is 0.244. The summed E-state index contributed by atoms with van der Waals surface area (Å²) in [6.45, 7) is 5.52. The lowest BCUT2D eigenvalue weighted by Gasteiger charge is -2.23. The van der Waals surface area contributed by atoms with Crippen LogP contribution in [0.1, 0.15) is 33.6 Å². The van der Waals surface area contributed by atoms with Crippen molar-refractivity contribution in [3.8, 4) is 0 Å². The van der Waals surface area contributed by atoms with E-state index >= 15 is 0 Å². The molecule has 0 aliphatic rings. The fourth-order valence-electron chi connectivity index (χ4n) is 1.20. The summed E-state index contributed by atoms with van der Waals surface area (Å²) >= 11 is 0. The van der Waals surface area contributed by atoms with Gasteiger partial charge in [-0.15, -0.1) is 0 Å². The summed E-state index contributed by atoms with van der Waals surface area (Å²) in [5.74, 6) is -3.23. The van der Waals surface area contributed by atoms with Gasteiger partial charge in [0.15, 0.2) is 0 Å². The lowest BCUT2D eigenvalue weighted by molar-refractivity contribution is -0.145. The second kappa shape index (κ2) is 5.48. The molecular weight excluding hydrogens is 214 g/mol. The molecule has 1 amide bonds. The standard InChI is InChI=1S/C10H17NO5/c1-10(2,3)5-6(9(15)16)11-7(12)4-8(13)14/h6H,4-5H2,1-3H3,(H,11,12)(H,13,14)(H,15,16). The molecule has 6 heteroatoms. The van der Waals surface area contributed by atoms with Crippen LogP contribution in [0.4, 0.5) is 0 Å². The Morgan fingerprint density at radius 2 is 1.69 bits per heavy atom. The molecule has 3 N–H and O–H groups in total. The molecule has 16 heavy (non-hydrogen) atoms. The molecule has 0 aliphatic heterocycles. The van der Waals surface area contributed by atoms with Crippen LogP contribution < -0.4 is 5.32 Å². The molecule has 1 atom stereocenters. The molecule has 0 saturated heterocycles. The van der Waals surface area contributed by atoms with Gasteiger partial charge >= 0.3 is 11.9 Å². The first-order chi connectivity index (χ1) is 7.11. The Bertz CT molecular complexity index is 292. The van der Waals surface area contributed by atoms with Crippen molar-refractivity contribution in [1.29, 1.82) is 0 Å². The van der Waals surface area contributed by atoms with Crippen LogP contribution in [0.5, 0.6) is 0 Å². The first kappa shape index (κ1) is 14.4. The van der Waals surface area contributed by atoms with Crippen molar-refractivity contribution < 1.29 is 24.6 Å². The lowest BCUT2D eigenvalue weighted by atomic mass is 9.88. The molecular formula is C10H17NO5. The van der Waals surface area contributed by atoms with Gasteiger partial charge in [0, 0.05) is 0 Å². The molecule has 6 nitrogen and oxygen atoms in total. The van der Waals surface area contributed by atoms with E-state index in [0.717, 1.165) is 0 Å². The zero-order valence-corrected chi connectivity index (χ0v) is 9.61. The number of carbonyl (C=O) groups excluding carboxylic acids is 1. The third-order valence-electron chi connectivity index (χ3n) is 1.76. The van der Waals surface area contributed by atoms with Gasteiger partial charge in [0.05, 0.1) is 0 Å². The van der Waals surface area contributed by atoms with Crippen LogP contribution >= 0.6 is 0 Å². The Labute approximate surface area is 93.6 Å². The molecule has 0 radical (unpaired) electrons. The average Bonchev–Trinajstić information content (AvgIpc) is 1.97. The quantitative estimate of drug-likeness (QED) is 0.596. The molecule has 0 spiro atoms. The van der Waals surface area contributed by atoms with Gasteiger partial charge in [-0.25, -0.2) is 4.79 Å². The highest BCUT2D eigenvalue weighted by Gasteiger charge is 2.26. The summed E-state index contributed by atoms with van der Waals surface area (Å²) in [7, 11) is 0. The molecule has 0 bridgehead atoms. The number of carboxylic acids is 2. The third-order valence-corrected chi connectivity index (χ3v) is 1.76. The highest BCUT2D eigenvalue weighted by molar-refractivity contribution is 5.95. The van der Waals surface area contributed by atoms with Crippen LogP contribution in [-0.4, -0.2) is 34.1 Å². The summed E-state index contributed by atoms with van der Waals surface area (Å²) in [6, 6.07) is -1.05. The van der Waals surface area contributed by atoms with E-state index in [9.17, 15) is 14.4 Å². The number of carboxylic acid groups (broad SMARTS) is 2. The van der Waals surface area contributed by atoms with E-state index in [1.54, 1.807) is 0 Å². The molecule has 0 aromatic rings. The van der Waals surface area contributed by atoms with Crippen molar-refractivity contribution >= 4 is 17.8 Å². The molecule has 0 saturated carbocycles. The normalized spacial score (nSPS) is 12.9. The largest absolute Gasteiger partial charge is 0.481 e. The number of rotatable bonds is 5. The third kappa shape index (κ3) is 6.80. The molecule has 0 heterocycles. The van der Waals surface area contributed by atoms with Crippen LogP contribution in [0.2, 0.25) is 0 Å². The molecule has 1 unspecified atom stereocenters. The van der Waals surface area contributed by atoms with Gasteiger partial charge in [-0.2, -0.15) is 0 Å². The van der Waals surface area contributed by atoms with E-state index in [0.29, 0.717) is 0 Å². The predicted octanol–water partition coefficient (Wildman–Crippen LogP) is 0.467. The first-order valence-corrected chi connectivity index (χ1v) is 4.86. The number of nitrogens with one attached hydrogen (secondary N) is 1. The summed E-state index contributed by atoms with van der Waals surface area (Å²) < 4.78 is 0. The topological polar surface area (TPSA) is 104 Å². The SMILES string of the molecule is CC(C)(C)CC(NC(=O)CC(=O)O)C(=O)O. The van der Waals surface area contributed by atoms with Gasteiger partial charge in [0.25, 0.3) is 0 Å². The van der Waals surface area contributed by atoms with Crippen LogP contribution in [0.25, 0.3) is 0 Å². The van der Waals surface area contributed by atoms with E-state index in [2.05, 4.69) is 5.32 Å². The zero-order chi connectivity index (χ0) is 12.9. The van der Waals surface area contributed by atoms with Gasteiger partial charge in [-0.05, 0) is 11.8 Å². The maximum Gasteiger partial charge on any atom is 0.326 e. The van der Waals surface area contributed by atoms with Gasteiger partial charge in [-0.3, -0.25) is 9.59 Å². The molecule has 0 aromatic heterocycles. The summed E-state index contributed by atoms with van der Waals surface area (Å²) in [4.78, 5) is 32.2. The number of hydrogen-bond acceptors (Lipinski definition) is 3. The van der Waals surface area contributed by atoms with Crippen molar-refractivity contribution in [3.63, 3.8) is 0 Å². The summed E-state index contributed by atoms with van der Waals surface area (Å²) in [5.41, 5.74) is -0.264. The van der Waals surface area contributed by atoms with Gasteiger partial charge in [0.2, 0.25) is 5.91 Å².